The molecule has 1 heterocycles. The van der Waals surface area contributed by atoms with Crippen LogP contribution in [0.15, 0.2) is 69.0 Å². The van der Waals surface area contributed by atoms with Gasteiger partial charge >= 0.3 is 0 Å². The summed E-state index contributed by atoms with van der Waals surface area (Å²) in [6.07, 6.45) is 0.886. The highest BCUT2D eigenvalue weighted by atomic mass is 32.2. The molecule has 1 aliphatic heterocycles. The van der Waals surface area contributed by atoms with E-state index in [-0.39, 0.29) is 5.82 Å². The summed E-state index contributed by atoms with van der Waals surface area (Å²) in [5, 5.41) is 0. The van der Waals surface area contributed by atoms with E-state index in [1.165, 1.54) is 21.9 Å². The molecular formula is C18H16FNS. The van der Waals surface area contributed by atoms with Crippen molar-refractivity contribution in [3.63, 3.8) is 0 Å². The average Bonchev–Trinajstić information content (AvgIpc) is 2.64. The zero-order valence-electron chi connectivity index (χ0n) is 12.1. The summed E-state index contributed by atoms with van der Waals surface area (Å²) in [5.41, 5.74) is 4.07. The first-order valence-electron chi connectivity index (χ1n) is 7.00. The van der Waals surface area contributed by atoms with Crippen LogP contribution in [-0.2, 0) is 0 Å². The van der Waals surface area contributed by atoms with Gasteiger partial charge in [0.25, 0.3) is 0 Å². The molecule has 0 bridgehead atoms. The zero-order valence-corrected chi connectivity index (χ0v) is 12.9. The number of allylic oxidation sites excluding steroid dienone is 2. The van der Waals surface area contributed by atoms with Gasteiger partial charge in [0.1, 0.15) is 5.82 Å². The second kappa shape index (κ2) is 5.86. The molecule has 0 saturated heterocycles. The molecule has 3 heteroatoms. The van der Waals surface area contributed by atoms with E-state index in [9.17, 15) is 4.39 Å². The molecule has 0 amide bonds. The fourth-order valence-electron chi connectivity index (χ4n) is 2.40. The van der Waals surface area contributed by atoms with Gasteiger partial charge in [-0.05, 0) is 43.7 Å². The minimum atomic E-state index is -0.224. The lowest BCUT2D eigenvalue weighted by atomic mass is 10.0. The second-order valence-corrected chi connectivity index (χ2v) is 6.18. The number of aliphatic imine (C=N–C) groups is 1. The Hall–Kier alpha value is -1.87. The van der Waals surface area contributed by atoms with Gasteiger partial charge in [-0.1, -0.05) is 36.9 Å². The molecule has 21 heavy (non-hydrogen) atoms. The number of hydrogen-bond acceptors (Lipinski definition) is 2. The van der Waals surface area contributed by atoms with Gasteiger partial charge in [-0.2, -0.15) is 0 Å². The summed E-state index contributed by atoms with van der Waals surface area (Å²) in [4.78, 5) is 7.29. The van der Waals surface area contributed by atoms with Crippen molar-refractivity contribution in [3.8, 4) is 0 Å². The molecule has 106 valence electrons. The van der Waals surface area contributed by atoms with E-state index >= 15 is 0 Å². The van der Waals surface area contributed by atoms with Crippen molar-refractivity contribution >= 4 is 17.5 Å². The smallest absolute Gasteiger partial charge is 0.123 e. The maximum atomic E-state index is 13.2. The van der Waals surface area contributed by atoms with Gasteiger partial charge in [-0.3, -0.25) is 4.99 Å². The lowest BCUT2D eigenvalue weighted by molar-refractivity contribution is 0.628. The Morgan fingerprint density at radius 2 is 1.76 bits per heavy atom. The topological polar surface area (TPSA) is 12.4 Å². The van der Waals surface area contributed by atoms with E-state index in [4.69, 9.17) is 4.99 Å². The molecule has 0 spiro atoms. The van der Waals surface area contributed by atoms with E-state index in [0.29, 0.717) is 0 Å². The van der Waals surface area contributed by atoms with Gasteiger partial charge in [0.15, 0.2) is 0 Å². The molecule has 0 saturated carbocycles. The first-order chi connectivity index (χ1) is 10.2. The lowest BCUT2D eigenvalue weighted by Gasteiger charge is -2.09. The Morgan fingerprint density at radius 3 is 2.48 bits per heavy atom. The summed E-state index contributed by atoms with van der Waals surface area (Å²) in [6, 6.07) is 14.8. The fraction of sp³-hybridized carbons (Fsp3) is 0.167. The van der Waals surface area contributed by atoms with Crippen LogP contribution in [0.4, 0.5) is 4.39 Å². The Balaban J connectivity index is 2.21. The van der Waals surface area contributed by atoms with Crippen molar-refractivity contribution in [1.29, 1.82) is 0 Å². The highest BCUT2D eigenvalue weighted by molar-refractivity contribution is 8.03. The predicted octanol–water partition coefficient (Wildman–Crippen LogP) is 5.41. The highest BCUT2D eigenvalue weighted by Gasteiger charge is 2.17. The third-order valence-electron chi connectivity index (χ3n) is 3.51. The number of fused-ring (bicyclic) bond motifs is 1. The molecule has 0 radical (unpaired) electrons. The maximum Gasteiger partial charge on any atom is 0.123 e. The van der Waals surface area contributed by atoms with Gasteiger partial charge in [0.05, 0.1) is 11.4 Å². The van der Waals surface area contributed by atoms with Crippen LogP contribution < -0.4 is 0 Å². The van der Waals surface area contributed by atoms with Crippen molar-refractivity contribution in [1.82, 2.24) is 0 Å². The summed E-state index contributed by atoms with van der Waals surface area (Å²) in [7, 11) is 0. The van der Waals surface area contributed by atoms with Gasteiger partial charge in [-0.15, -0.1) is 0 Å². The van der Waals surface area contributed by atoms with Gasteiger partial charge in [0.2, 0.25) is 0 Å². The Labute approximate surface area is 128 Å². The van der Waals surface area contributed by atoms with Crippen molar-refractivity contribution in [2.45, 2.75) is 25.2 Å². The number of benzene rings is 2. The summed E-state index contributed by atoms with van der Waals surface area (Å²) in [6.45, 7) is 4.22. The number of nitrogens with zero attached hydrogens (tertiary/aromatic N) is 1. The molecule has 0 aromatic heterocycles. The van der Waals surface area contributed by atoms with Crippen LogP contribution in [-0.4, -0.2) is 5.71 Å². The average molecular weight is 297 g/mol. The summed E-state index contributed by atoms with van der Waals surface area (Å²) in [5.74, 6) is -0.224. The molecule has 2 aromatic rings. The molecule has 0 N–H and O–H groups in total. The molecule has 0 fully saturated rings. The monoisotopic (exact) mass is 297 g/mol. The third kappa shape index (κ3) is 2.79. The van der Waals surface area contributed by atoms with Gasteiger partial charge < -0.3 is 0 Å². The number of hydrogen-bond donors (Lipinski definition) is 0. The molecule has 3 rings (SSSR count). The quantitative estimate of drug-likeness (QED) is 0.722. The normalized spacial score (nSPS) is 14.5. The van der Waals surface area contributed by atoms with E-state index in [1.54, 1.807) is 23.9 Å². The van der Waals surface area contributed by atoms with E-state index in [1.807, 2.05) is 12.1 Å². The SMILES string of the molecule is CCC1=C(C)Sc2ccccc2C(c2ccc(F)cc2)=N1. The third-order valence-corrected chi connectivity index (χ3v) is 4.63. The lowest BCUT2D eigenvalue weighted by Crippen LogP contribution is -2.04. The van der Waals surface area contributed by atoms with Crippen LogP contribution in [0, 0.1) is 5.82 Å². The van der Waals surface area contributed by atoms with Crippen LogP contribution in [0.5, 0.6) is 0 Å². The molecule has 2 aromatic carbocycles. The van der Waals surface area contributed by atoms with Crippen molar-refractivity contribution < 1.29 is 4.39 Å². The number of rotatable bonds is 2. The van der Waals surface area contributed by atoms with Crippen LogP contribution >= 0.6 is 11.8 Å². The number of halogens is 1. The van der Waals surface area contributed by atoms with Crippen molar-refractivity contribution in [3.05, 3.63) is 76.1 Å². The molecule has 0 aliphatic carbocycles. The van der Waals surface area contributed by atoms with Crippen molar-refractivity contribution in [2.75, 3.05) is 0 Å². The Morgan fingerprint density at radius 1 is 1.05 bits per heavy atom. The van der Waals surface area contributed by atoms with Gasteiger partial charge in [0, 0.05) is 20.9 Å². The van der Waals surface area contributed by atoms with E-state index in [2.05, 4.69) is 26.0 Å². The molecular weight excluding hydrogens is 281 g/mol. The first-order valence-corrected chi connectivity index (χ1v) is 7.82. The van der Waals surface area contributed by atoms with Crippen LogP contribution in [0.2, 0.25) is 0 Å². The second-order valence-electron chi connectivity index (χ2n) is 4.92. The van der Waals surface area contributed by atoms with E-state index < -0.39 is 0 Å². The Kier molecular flexibility index (Phi) is 3.93. The Bertz CT molecular complexity index is 729. The van der Waals surface area contributed by atoms with Gasteiger partial charge in [-0.25, -0.2) is 4.39 Å². The molecule has 0 unspecified atom stereocenters. The minimum Gasteiger partial charge on any atom is -0.251 e. The predicted molar refractivity (Wildman–Crippen MR) is 87.3 cm³/mol. The van der Waals surface area contributed by atoms with Crippen LogP contribution in [0.3, 0.4) is 0 Å². The largest absolute Gasteiger partial charge is 0.251 e. The van der Waals surface area contributed by atoms with E-state index in [0.717, 1.165) is 29.0 Å². The number of thioether (sulfide) groups is 1. The van der Waals surface area contributed by atoms with Crippen LogP contribution in [0.1, 0.15) is 31.4 Å². The standard InChI is InChI=1S/C18H16FNS/c1-3-16-12(2)21-17-7-5-4-6-15(17)18(20-16)13-8-10-14(19)11-9-13/h4-11H,3H2,1-2H3. The summed E-state index contributed by atoms with van der Waals surface area (Å²) >= 11 is 1.76. The zero-order chi connectivity index (χ0) is 14.8. The molecule has 1 nitrogen and oxygen atoms in total. The minimum absolute atomic E-state index is 0.224. The summed E-state index contributed by atoms with van der Waals surface area (Å²) < 4.78 is 13.2. The van der Waals surface area contributed by atoms with Crippen molar-refractivity contribution in [2.24, 2.45) is 4.99 Å². The fourth-order valence-corrected chi connectivity index (χ4v) is 3.46. The maximum absolute atomic E-state index is 13.2. The molecule has 1 aliphatic rings. The molecule has 0 atom stereocenters. The van der Waals surface area contributed by atoms with Crippen LogP contribution in [0.25, 0.3) is 0 Å². The highest BCUT2D eigenvalue weighted by Crippen LogP contribution is 2.36. The first kappa shape index (κ1) is 14.1.